The third kappa shape index (κ3) is 2.90. The van der Waals surface area contributed by atoms with Crippen LogP contribution in [0.2, 0.25) is 0 Å². The van der Waals surface area contributed by atoms with Crippen LogP contribution in [0.15, 0.2) is 24.3 Å². The zero-order chi connectivity index (χ0) is 15.9. The molecule has 3 saturated heterocycles. The van der Waals surface area contributed by atoms with Crippen LogP contribution in [0, 0.1) is 6.92 Å². The van der Waals surface area contributed by atoms with E-state index in [1.165, 1.54) is 32.4 Å². The lowest BCUT2D eigenvalue weighted by atomic mass is 9.88. The second-order valence-corrected chi connectivity index (χ2v) is 7.48. The maximum atomic E-state index is 12.6. The number of ether oxygens (including phenoxy) is 1. The van der Waals surface area contributed by atoms with Crippen LogP contribution in [0.4, 0.5) is 0 Å². The molecule has 124 valence electrons. The number of nitrogens with zero attached hydrogens (tertiary/aromatic N) is 2. The van der Waals surface area contributed by atoms with Gasteiger partial charge in [-0.25, -0.2) is 0 Å². The molecule has 3 fully saturated rings. The van der Waals surface area contributed by atoms with Crippen LogP contribution in [0.25, 0.3) is 0 Å². The number of aryl methyl sites for hydroxylation is 1. The van der Waals surface area contributed by atoms with E-state index in [2.05, 4.69) is 4.90 Å². The quantitative estimate of drug-likeness (QED) is 0.841. The molecule has 3 heterocycles. The number of likely N-dealkylation sites (tertiary alicyclic amines) is 2. The Morgan fingerprint density at radius 1 is 1.22 bits per heavy atom. The van der Waals surface area contributed by atoms with Crippen LogP contribution in [-0.2, 0) is 4.74 Å². The minimum Gasteiger partial charge on any atom is -0.370 e. The Morgan fingerprint density at radius 2 is 2.00 bits per heavy atom. The van der Waals surface area contributed by atoms with Gasteiger partial charge in [0.25, 0.3) is 5.91 Å². The Morgan fingerprint density at radius 3 is 2.74 bits per heavy atom. The van der Waals surface area contributed by atoms with Gasteiger partial charge in [0.1, 0.15) is 5.60 Å². The summed E-state index contributed by atoms with van der Waals surface area (Å²) in [5.41, 5.74) is 1.86. The summed E-state index contributed by atoms with van der Waals surface area (Å²) < 4.78 is 6.15. The molecule has 23 heavy (non-hydrogen) atoms. The molecular formula is C19H26N2O2. The van der Waals surface area contributed by atoms with Gasteiger partial charge in [-0.15, -0.1) is 0 Å². The Balaban J connectivity index is 1.35. The van der Waals surface area contributed by atoms with Gasteiger partial charge in [0.2, 0.25) is 0 Å². The number of amides is 1. The highest BCUT2D eigenvalue weighted by Crippen LogP contribution is 2.38. The van der Waals surface area contributed by atoms with Gasteiger partial charge < -0.3 is 9.64 Å². The molecule has 1 aromatic rings. The molecule has 1 aromatic carbocycles. The van der Waals surface area contributed by atoms with Crippen molar-refractivity contribution in [1.29, 1.82) is 0 Å². The third-order valence-electron chi connectivity index (χ3n) is 5.61. The molecule has 1 unspecified atom stereocenters. The second-order valence-electron chi connectivity index (χ2n) is 7.48. The van der Waals surface area contributed by atoms with Gasteiger partial charge in [-0.05, 0) is 51.4 Å². The minimum absolute atomic E-state index is 0.0679. The zero-order valence-corrected chi connectivity index (χ0v) is 14.0. The van der Waals surface area contributed by atoms with E-state index in [0.717, 1.165) is 37.2 Å². The van der Waals surface area contributed by atoms with Crippen molar-refractivity contribution in [2.24, 2.45) is 0 Å². The van der Waals surface area contributed by atoms with Crippen LogP contribution in [0.5, 0.6) is 0 Å². The van der Waals surface area contributed by atoms with Crippen molar-refractivity contribution in [3.8, 4) is 0 Å². The molecule has 3 aliphatic heterocycles. The smallest absolute Gasteiger partial charge is 0.254 e. The lowest BCUT2D eigenvalue weighted by molar-refractivity contribution is -0.0950. The summed E-state index contributed by atoms with van der Waals surface area (Å²) in [6.07, 6.45) is 5.10. The van der Waals surface area contributed by atoms with E-state index in [4.69, 9.17) is 4.74 Å². The van der Waals surface area contributed by atoms with Gasteiger partial charge >= 0.3 is 0 Å². The van der Waals surface area contributed by atoms with Gasteiger partial charge in [-0.2, -0.15) is 0 Å². The Hall–Kier alpha value is -1.39. The number of hydrogen-bond acceptors (Lipinski definition) is 3. The van der Waals surface area contributed by atoms with Crippen LogP contribution >= 0.6 is 0 Å². The molecule has 0 radical (unpaired) electrons. The molecule has 0 N–H and O–H groups in total. The second kappa shape index (κ2) is 5.91. The number of hydrogen-bond donors (Lipinski definition) is 0. The Bertz CT molecular complexity index is 589. The SMILES string of the molecule is Cc1cccc(C(=O)N2CC3(CC(N4CCCCC4)CO3)C2)c1. The van der Waals surface area contributed by atoms with Crippen molar-refractivity contribution < 1.29 is 9.53 Å². The number of benzene rings is 1. The highest BCUT2D eigenvalue weighted by Gasteiger charge is 2.52. The average Bonchev–Trinajstić information content (AvgIpc) is 2.99. The molecule has 4 nitrogen and oxygen atoms in total. The minimum atomic E-state index is -0.0679. The van der Waals surface area contributed by atoms with Crippen LogP contribution in [0.3, 0.4) is 0 Å². The standard InChI is InChI=1S/C19H26N2O2/c1-15-6-5-7-16(10-15)18(22)21-13-19(14-21)11-17(12-23-19)20-8-3-2-4-9-20/h5-7,10,17H,2-4,8-9,11-14H2,1H3. The summed E-state index contributed by atoms with van der Waals surface area (Å²) in [5.74, 6) is 0.143. The average molecular weight is 314 g/mol. The molecule has 0 aliphatic carbocycles. The summed E-state index contributed by atoms with van der Waals surface area (Å²) in [6.45, 7) is 6.81. The van der Waals surface area contributed by atoms with E-state index in [9.17, 15) is 4.79 Å². The number of carbonyl (C=O) groups is 1. The van der Waals surface area contributed by atoms with E-state index in [1.807, 2.05) is 36.1 Å². The molecule has 3 aliphatic rings. The highest BCUT2D eigenvalue weighted by molar-refractivity contribution is 5.95. The van der Waals surface area contributed by atoms with Gasteiger partial charge in [0.05, 0.1) is 19.7 Å². The van der Waals surface area contributed by atoms with Crippen molar-refractivity contribution >= 4 is 5.91 Å². The van der Waals surface area contributed by atoms with Crippen molar-refractivity contribution in [3.63, 3.8) is 0 Å². The Labute approximate surface area is 138 Å². The van der Waals surface area contributed by atoms with Crippen molar-refractivity contribution in [3.05, 3.63) is 35.4 Å². The summed E-state index contributed by atoms with van der Waals surface area (Å²) in [4.78, 5) is 17.1. The molecular weight excluding hydrogens is 288 g/mol. The van der Waals surface area contributed by atoms with E-state index < -0.39 is 0 Å². The Kier molecular flexibility index (Phi) is 3.90. The van der Waals surface area contributed by atoms with Gasteiger partial charge in [-0.3, -0.25) is 9.69 Å². The fourth-order valence-corrected chi connectivity index (χ4v) is 4.31. The number of carbonyl (C=O) groups excluding carboxylic acids is 1. The lowest BCUT2D eigenvalue weighted by Gasteiger charge is -2.47. The summed E-state index contributed by atoms with van der Waals surface area (Å²) >= 11 is 0. The topological polar surface area (TPSA) is 32.8 Å². The molecule has 0 saturated carbocycles. The first-order chi connectivity index (χ1) is 11.2. The van der Waals surface area contributed by atoms with Crippen LogP contribution in [-0.4, -0.2) is 60.1 Å². The van der Waals surface area contributed by atoms with Crippen molar-refractivity contribution in [2.75, 3.05) is 32.8 Å². The monoisotopic (exact) mass is 314 g/mol. The molecule has 1 spiro atoms. The maximum absolute atomic E-state index is 12.6. The summed E-state index contributed by atoms with van der Waals surface area (Å²) in [6, 6.07) is 8.42. The normalized spacial score (nSPS) is 27.2. The molecule has 1 amide bonds. The third-order valence-corrected chi connectivity index (χ3v) is 5.61. The highest BCUT2D eigenvalue weighted by atomic mass is 16.5. The fourth-order valence-electron chi connectivity index (χ4n) is 4.31. The van der Waals surface area contributed by atoms with E-state index in [0.29, 0.717) is 6.04 Å². The van der Waals surface area contributed by atoms with E-state index in [-0.39, 0.29) is 11.5 Å². The first-order valence-electron chi connectivity index (χ1n) is 8.89. The number of rotatable bonds is 2. The predicted molar refractivity (Wildman–Crippen MR) is 89.6 cm³/mol. The molecule has 4 heteroatoms. The van der Waals surface area contributed by atoms with Crippen molar-refractivity contribution in [2.45, 2.75) is 44.2 Å². The largest absolute Gasteiger partial charge is 0.370 e. The van der Waals surface area contributed by atoms with Gasteiger partial charge in [-0.1, -0.05) is 24.1 Å². The van der Waals surface area contributed by atoms with E-state index in [1.54, 1.807) is 0 Å². The van der Waals surface area contributed by atoms with Crippen LogP contribution < -0.4 is 0 Å². The maximum Gasteiger partial charge on any atom is 0.254 e. The van der Waals surface area contributed by atoms with Gasteiger partial charge in [0, 0.05) is 11.6 Å². The molecule has 4 rings (SSSR count). The lowest BCUT2D eigenvalue weighted by Crippen LogP contribution is -2.63. The fraction of sp³-hybridized carbons (Fsp3) is 0.632. The van der Waals surface area contributed by atoms with Gasteiger partial charge in [0.15, 0.2) is 0 Å². The molecule has 1 atom stereocenters. The van der Waals surface area contributed by atoms with E-state index >= 15 is 0 Å². The first-order valence-corrected chi connectivity index (χ1v) is 8.89. The zero-order valence-electron chi connectivity index (χ0n) is 14.0. The molecule has 0 aromatic heterocycles. The predicted octanol–water partition coefficient (Wildman–Crippen LogP) is 2.46. The summed E-state index contributed by atoms with van der Waals surface area (Å²) in [7, 11) is 0. The van der Waals surface area contributed by atoms with Crippen LogP contribution in [0.1, 0.15) is 41.6 Å². The number of piperidine rings is 1. The first kappa shape index (κ1) is 15.2. The van der Waals surface area contributed by atoms with Crippen molar-refractivity contribution in [1.82, 2.24) is 9.80 Å². The molecule has 0 bridgehead atoms. The summed E-state index contributed by atoms with van der Waals surface area (Å²) in [5, 5.41) is 0.